The van der Waals surface area contributed by atoms with Crippen LogP contribution >= 0.6 is 11.6 Å². The molecule has 0 fully saturated rings. The minimum Gasteiger partial charge on any atom is -0.462 e. The summed E-state index contributed by atoms with van der Waals surface area (Å²) >= 11 is 5.82. The van der Waals surface area contributed by atoms with Crippen molar-refractivity contribution in [1.29, 1.82) is 0 Å². The largest absolute Gasteiger partial charge is 0.462 e. The molecule has 1 atom stereocenters. The Kier molecular flexibility index (Phi) is 5.29. The van der Waals surface area contributed by atoms with Crippen LogP contribution < -0.4 is 5.73 Å². The van der Waals surface area contributed by atoms with Crippen molar-refractivity contribution in [2.75, 3.05) is 12.3 Å². The van der Waals surface area contributed by atoms with Crippen molar-refractivity contribution >= 4 is 23.3 Å². The van der Waals surface area contributed by atoms with E-state index < -0.39 is 0 Å². The standard InChI is InChI=1S/C13H18ClNO2/c1-3-4-9(2)8-17-13(16)10-5-11(14)7-12(15)6-10/h5-7,9H,3-4,8,15H2,1-2H3. The maximum Gasteiger partial charge on any atom is 0.338 e. The number of anilines is 1. The number of hydrogen-bond donors (Lipinski definition) is 1. The van der Waals surface area contributed by atoms with Crippen molar-refractivity contribution in [3.05, 3.63) is 28.8 Å². The molecule has 17 heavy (non-hydrogen) atoms. The van der Waals surface area contributed by atoms with E-state index in [0.717, 1.165) is 12.8 Å². The van der Waals surface area contributed by atoms with Crippen molar-refractivity contribution in [1.82, 2.24) is 0 Å². The van der Waals surface area contributed by atoms with E-state index >= 15 is 0 Å². The van der Waals surface area contributed by atoms with Crippen LogP contribution in [0, 0.1) is 5.92 Å². The van der Waals surface area contributed by atoms with E-state index in [2.05, 4.69) is 13.8 Å². The number of hydrogen-bond acceptors (Lipinski definition) is 3. The van der Waals surface area contributed by atoms with E-state index in [-0.39, 0.29) is 5.97 Å². The van der Waals surface area contributed by atoms with Gasteiger partial charge in [-0.15, -0.1) is 0 Å². The monoisotopic (exact) mass is 255 g/mol. The number of rotatable bonds is 5. The van der Waals surface area contributed by atoms with Gasteiger partial charge in [0.1, 0.15) is 0 Å². The predicted octanol–water partition coefficient (Wildman–Crippen LogP) is 3.52. The normalized spacial score (nSPS) is 12.2. The Balaban J connectivity index is 2.58. The van der Waals surface area contributed by atoms with Gasteiger partial charge in [0.25, 0.3) is 0 Å². The SMILES string of the molecule is CCCC(C)COC(=O)c1cc(N)cc(Cl)c1. The first-order valence-corrected chi connectivity index (χ1v) is 6.14. The zero-order chi connectivity index (χ0) is 12.8. The van der Waals surface area contributed by atoms with Gasteiger partial charge in [0.2, 0.25) is 0 Å². The Morgan fingerprint density at radius 2 is 2.18 bits per heavy atom. The van der Waals surface area contributed by atoms with Crippen molar-refractivity contribution in [2.45, 2.75) is 26.7 Å². The smallest absolute Gasteiger partial charge is 0.338 e. The molecule has 2 N–H and O–H groups in total. The lowest BCUT2D eigenvalue weighted by Crippen LogP contribution is -2.12. The van der Waals surface area contributed by atoms with Crippen molar-refractivity contribution in [3.63, 3.8) is 0 Å². The van der Waals surface area contributed by atoms with Crippen LogP contribution in [0.1, 0.15) is 37.0 Å². The van der Waals surface area contributed by atoms with Gasteiger partial charge < -0.3 is 10.5 Å². The Morgan fingerprint density at radius 1 is 1.47 bits per heavy atom. The number of nitrogens with two attached hydrogens (primary N) is 1. The first-order chi connectivity index (χ1) is 8.02. The molecule has 1 aromatic carbocycles. The third-order valence-electron chi connectivity index (χ3n) is 2.44. The molecule has 0 radical (unpaired) electrons. The third-order valence-corrected chi connectivity index (χ3v) is 2.65. The van der Waals surface area contributed by atoms with Crippen LogP contribution in [0.15, 0.2) is 18.2 Å². The van der Waals surface area contributed by atoms with Crippen LogP contribution in [0.2, 0.25) is 5.02 Å². The van der Waals surface area contributed by atoms with E-state index in [4.69, 9.17) is 22.1 Å². The molecule has 1 unspecified atom stereocenters. The Morgan fingerprint density at radius 3 is 2.76 bits per heavy atom. The highest BCUT2D eigenvalue weighted by Crippen LogP contribution is 2.17. The molecule has 0 saturated heterocycles. The molecule has 0 aliphatic carbocycles. The molecule has 1 aromatic rings. The summed E-state index contributed by atoms with van der Waals surface area (Å²) in [5.41, 5.74) is 6.47. The summed E-state index contributed by atoms with van der Waals surface area (Å²) in [6.45, 7) is 4.60. The molecule has 0 aliphatic heterocycles. The topological polar surface area (TPSA) is 52.3 Å². The first kappa shape index (κ1) is 13.8. The number of nitrogen functional groups attached to an aromatic ring is 1. The van der Waals surface area contributed by atoms with Crippen LogP contribution in [0.25, 0.3) is 0 Å². The van der Waals surface area contributed by atoms with Gasteiger partial charge in [-0.05, 0) is 30.5 Å². The van der Waals surface area contributed by atoms with Gasteiger partial charge in [0.15, 0.2) is 0 Å². The van der Waals surface area contributed by atoms with E-state index in [9.17, 15) is 4.79 Å². The van der Waals surface area contributed by atoms with E-state index in [0.29, 0.717) is 28.8 Å². The molecule has 0 amide bonds. The number of halogens is 1. The number of carbonyl (C=O) groups excluding carboxylic acids is 1. The Hall–Kier alpha value is -1.22. The van der Waals surface area contributed by atoms with Crippen LogP contribution in [0.5, 0.6) is 0 Å². The lowest BCUT2D eigenvalue weighted by atomic mass is 10.1. The molecule has 0 saturated carbocycles. The fraction of sp³-hybridized carbons (Fsp3) is 0.462. The fourth-order valence-electron chi connectivity index (χ4n) is 1.61. The summed E-state index contributed by atoms with van der Waals surface area (Å²) in [4.78, 5) is 11.7. The summed E-state index contributed by atoms with van der Waals surface area (Å²) in [5.74, 6) is 0.00244. The first-order valence-electron chi connectivity index (χ1n) is 5.76. The van der Waals surface area contributed by atoms with Crippen molar-refractivity contribution < 1.29 is 9.53 Å². The summed E-state index contributed by atoms with van der Waals surface area (Å²) in [6.07, 6.45) is 2.13. The van der Waals surface area contributed by atoms with Crippen LogP contribution in [-0.4, -0.2) is 12.6 Å². The zero-order valence-corrected chi connectivity index (χ0v) is 11.0. The third kappa shape index (κ3) is 4.65. The quantitative estimate of drug-likeness (QED) is 0.647. The van der Waals surface area contributed by atoms with Crippen LogP contribution in [0.4, 0.5) is 5.69 Å². The fourth-order valence-corrected chi connectivity index (χ4v) is 1.85. The van der Waals surface area contributed by atoms with E-state index in [1.54, 1.807) is 18.2 Å². The molecule has 0 spiro atoms. The number of ether oxygens (including phenoxy) is 1. The van der Waals surface area contributed by atoms with Gasteiger partial charge in [-0.25, -0.2) is 4.79 Å². The molecule has 94 valence electrons. The second-order valence-corrected chi connectivity index (χ2v) is 4.70. The van der Waals surface area contributed by atoms with Crippen molar-refractivity contribution in [2.24, 2.45) is 5.92 Å². The Bertz CT molecular complexity index is 373. The predicted molar refractivity (Wildman–Crippen MR) is 70.2 cm³/mol. The lowest BCUT2D eigenvalue weighted by molar-refractivity contribution is 0.0443. The molecular weight excluding hydrogens is 238 g/mol. The second kappa shape index (κ2) is 6.50. The van der Waals surface area contributed by atoms with Crippen LogP contribution in [0.3, 0.4) is 0 Å². The van der Waals surface area contributed by atoms with Gasteiger partial charge in [0.05, 0.1) is 12.2 Å². The average Bonchev–Trinajstić information content (AvgIpc) is 2.25. The molecule has 0 bridgehead atoms. The van der Waals surface area contributed by atoms with Gasteiger partial charge in [0, 0.05) is 10.7 Å². The highest BCUT2D eigenvalue weighted by atomic mass is 35.5. The molecule has 0 aromatic heterocycles. The lowest BCUT2D eigenvalue weighted by Gasteiger charge is -2.11. The van der Waals surface area contributed by atoms with Gasteiger partial charge in [-0.3, -0.25) is 0 Å². The maximum atomic E-state index is 11.7. The van der Waals surface area contributed by atoms with Gasteiger partial charge in [-0.2, -0.15) is 0 Å². The summed E-state index contributed by atoms with van der Waals surface area (Å²) in [7, 11) is 0. The minimum absolute atomic E-state index is 0.373. The number of benzene rings is 1. The van der Waals surface area contributed by atoms with Gasteiger partial charge in [-0.1, -0.05) is 31.9 Å². The molecular formula is C13H18ClNO2. The summed E-state index contributed by atoms with van der Waals surface area (Å²) in [6, 6.07) is 4.72. The van der Waals surface area contributed by atoms with E-state index in [1.807, 2.05) is 0 Å². The highest BCUT2D eigenvalue weighted by Gasteiger charge is 2.10. The molecule has 1 rings (SSSR count). The maximum absolute atomic E-state index is 11.7. The molecule has 0 heterocycles. The molecule has 4 heteroatoms. The highest BCUT2D eigenvalue weighted by molar-refractivity contribution is 6.31. The minimum atomic E-state index is -0.373. The summed E-state index contributed by atoms with van der Waals surface area (Å²) < 4.78 is 5.20. The number of carbonyl (C=O) groups is 1. The average molecular weight is 256 g/mol. The second-order valence-electron chi connectivity index (χ2n) is 4.27. The van der Waals surface area contributed by atoms with E-state index in [1.165, 1.54) is 0 Å². The van der Waals surface area contributed by atoms with Crippen molar-refractivity contribution in [3.8, 4) is 0 Å². The van der Waals surface area contributed by atoms with Crippen LogP contribution in [-0.2, 0) is 4.74 Å². The molecule has 0 aliphatic rings. The van der Waals surface area contributed by atoms with Gasteiger partial charge >= 0.3 is 5.97 Å². The number of esters is 1. The summed E-state index contributed by atoms with van der Waals surface area (Å²) in [5, 5.41) is 0.443. The Labute approximate surface area is 107 Å². The zero-order valence-electron chi connectivity index (χ0n) is 10.2. The molecule has 3 nitrogen and oxygen atoms in total.